The molecule has 18 heavy (non-hydrogen) atoms. The van der Waals surface area contributed by atoms with Gasteiger partial charge in [0.05, 0.1) is 12.6 Å². The summed E-state index contributed by atoms with van der Waals surface area (Å²) in [7, 11) is 0. The molecule has 1 N–H and O–H groups in total. The van der Waals surface area contributed by atoms with Gasteiger partial charge in [-0.3, -0.25) is 9.69 Å². The molecule has 106 valence electrons. The third-order valence-corrected chi connectivity index (χ3v) is 3.19. The first-order valence-electron chi connectivity index (χ1n) is 7.27. The number of hydrogen-bond acceptors (Lipinski definition) is 4. The number of rotatable bonds is 8. The van der Waals surface area contributed by atoms with Crippen LogP contribution in [0.2, 0.25) is 0 Å². The van der Waals surface area contributed by atoms with Crippen LogP contribution in [0.1, 0.15) is 46.5 Å². The number of unbranched alkanes of at least 4 members (excludes halogenated alkanes) is 1. The summed E-state index contributed by atoms with van der Waals surface area (Å²) in [4.78, 5) is 13.9. The highest BCUT2D eigenvalue weighted by molar-refractivity contribution is 5.71. The average molecular weight is 256 g/mol. The number of nitrogens with zero attached hydrogens (tertiary/aromatic N) is 1. The highest BCUT2D eigenvalue weighted by Gasteiger charge is 2.20. The van der Waals surface area contributed by atoms with Gasteiger partial charge in [0.15, 0.2) is 0 Å². The first-order valence-corrected chi connectivity index (χ1v) is 7.27. The fraction of sp³-hybridized carbons (Fsp3) is 0.929. The Bertz CT molecular complexity index is 238. The zero-order valence-corrected chi connectivity index (χ0v) is 12.1. The average Bonchev–Trinajstić information content (AvgIpc) is 2.77. The summed E-state index contributed by atoms with van der Waals surface area (Å²) in [6.07, 6.45) is 4.76. The van der Waals surface area contributed by atoms with Gasteiger partial charge in [0.25, 0.3) is 0 Å². The van der Waals surface area contributed by atoms with Crippen LogP contribution in [0.3, 0.4) is 0 Å². The van der Waals surface area contributed by atoms with Gasteiger partial charge in [0, 0.05) is 12.6 Å². The fourth-order valence-electron chi connectivity index (χ4n) is 2.32. The number of nitrogens with one attached hydrogen (secondary N) is 1. The summed E-state index contributed by atoms with van der Waals surface area (Å²) in [6.45, 7) is 9.46. The number of ether oxygens (including phenoxy) is 1. The van der Waals surface area contributed by atoms with Crippen molar-refractivity contribution >= 4 is 5.97 Å². The van der Waals surface area contributed by atoms with Gasteiger partial charge in [-0.25, -0.2) is 0 Å². The lowest BCUT2D eigenvalue weighted by Gasteiger charge is -2.25. The molecule has 4 heteroatoms. The van der Waals surface area contributed by atoms with E-state index in [9.17, 15) is 4.79 Å². The zero-order chi connectivity index (χ0) is 13.4. The highest BCUT2D eigenvalue weighted by Crippen LogP contribution is 2.08. The lowest BCUT2D eigenvalue weighted by atomic mass is 10.2. The molecular weight excluding hydrogens is 228 g/mol. The van der Waals surface area contributed by atoms with Crippen molar-refractivity contribution in [1.82, 2.24) is 10.2 Å². The first-order chi connectivity index (χ1) is 8.61. The maximum absolute atomic E-state index is 11.7. The van der Waals surface area contributed by atoms with Gasteiger partial charge in [0.1, 0.15) is 0 Å². The normalized spacial score (nSPS) is 19.7. The van der Waals surface area contributed by atoms with Crippen molar-refractivity contribution in [3.8, 4) is 0 Å². The minimum atomic E-state index is -0.0981. The Hall–Kier alpha value is -0.610. The molecule has 0 amide bonds. The third kappa shape index (κ3) is 6.36. The molecule has 0 spiro atoms. The van der Waals surface area contributed by atoms with Gasteiger partial charge in [-0.05, 0) is 46.2 Å². The number of esters is 1. The van der Waals surface area contributed by atoms with Gasteiger partial charge >= 0.3 is 5.97 Å². The summed E-state index contributed by atoms with van der Waals surface area (Å²) in [5.74, 6) is -0.0981. The summed E-state index contributed by atoms with van der Waals surface area (Å²) in [5.41, 5.74) is 0. The maximum atomic E-state index is 11.7. The smallest absolute Gasteiger partial charge is 0.320 e. The minimum absolute atomic E-state index is 0.0184. The SMILES string of the molecule is CCCCN(CC(=O)OC(C)C)CC1CCCN1. The molecule has 1 aliphatic rings. The van der Waals surface area contributed by atoms with Crippen LogP contribution in [0.15, 0.2) is 0 Å². The van der Waals surface area contributed by atoms with Crippen LogP contribution in [-0.4, -0.2) is 49.2 Å². The van der Waals surface area contributed by atoms with Crippen LogP contribution in [0.25, 0.3) is 0 Å². The van der Waals surface area contributed by atoms with Crippen LogP contribution in [-0.2, 0) is 9.53 Å². The van der Waals surface area contributed by atoms with Crippen molar-refractivity contribution in [2.45, 2.75) is 58.6 Å². The van der Waals surface area contributed by atoms with Gasteiger partial charge in [-0.2, -0.15) is 0 Å². The van der Waals surface area contributed by atoms with Gasteiger partial charge in [-0.15, -0.1) is 0 Å². The topological polar surface area (TPSA) is 41.6 Å². The van der Waals surface area contributed by atoms with Crippen molar-refractivity contribution in [1.29, 1.82) is 0 Å². The molecule has 0 aromatic carbocycles. The van der Waals surface area contributed by atoms with Crippen molar-refractivity contribution in [2.75, 3.05) is 26.2 Å². The van der Waals surface area contributed by atoms with Gasteiger partial charge in [-0.1, -0.05) is 13.3 Å². The summed E-state index contributed by atoms with van der Waals surface area (Å²) in [5, 5.41) is 3.48. The predicted octanol–water partition coefficient (Wildman–Crippen LogP) is 1.79. The maximum Gasteiger partial charge on any atom is 0.320 e. The van der Waals surface area contributed by atoms with E-state index in [1.54, 1.807) is 0 Å². The molecule has 1 atom stereocenters. The summed E-state index contributed by atoms with van der Waals surface area (Å²) in [6, 6.07) is 0.550. The molecule has 0 aromatic rings. The Kier molecular flexibility index (Phi) is 7.28. The number of hydrogen-bond donors (Lipinski definition) is 1. The number of carbonyl (C=O) groups excluding carboxylic acids is 1. The van der Waals surface area contributed by atoms with E-state index in [0.717, 1.165) is 32.5 Å². The zero-order valence-electron chi connectivity index (χ0n) is 12.1. The molecule has 1 saturated heterocycles. The molecule has 0 radical (unpaired) electrons. The van der Waals surface area contributed by atoms with E-state index in [4.69, 9.17) is 4.74 Å². The summed E-state index contributed by atoms with van der Waals surface area (Å²) >= 11 is 0. The lowest BCUT2D eigenvalue weighted by molar-refractivity contribution is -0.148. The monoisotopic (exact) mass is 256 g/mol. The Labute approximate surface area is 111 Å². The van der Waals surface area contributed by atoms with Crippen LogP contribution >= 0.6 is 0 Å². The second kappa shape index (κ2) is 8.48. The van der Waals surface area contributed by atoms with Crippen LogP contribution < -0.4 is 5.32 Å². The highest BCUT2D eigenvalue weighted by atomic mass is 16.5. The van der Waals surface area contributed by atoms with Crippen molar-refractivity contribution in [2.24, 2.45) is 0 Å². The Morgan fingerprint density at radius 1 is 1.50 bits per heavy atom. The van der Waals surface area contributed by atoms with Crippen LogP contribution in [0, 0.1) is 0 Å². The molecular formula is C14H28N2O2. The largest absolute Gasteiger partial charge is 0.462 e. The Morgan fingerprint density at radius 2 is 2.28 bits per heavy atom. The standard InChI is InChI=1S/C14H28N2O2/c1-4-5-9-16(10-13-7-6-8-15-13)11-14(17)18-12(2)3/h12-13,15H,4-11H2,1-3H3. The molecule has 1 fully saturated rings. The Morgan fingerprint density at radius 3 is 2.83 bits per heavy atom. The van der Waals surface area contributed by atoms with Crippen molar-refractivity contribution < 1.29 is 9.53 Å². The van der Waals surface area contributed by atoms with Crippen molar-refractivity contribution in [3.63, 3.8) is 0 Å². The molecule has 4 nitrogen and oxygen atoms in total. The number of carbonyl (C=O) groups is 1. The van der Waals surface area contributed by atoms with E-state index in [2.05, 4.69) is 17.1 Å². The molecule has 0 aromatic heterocycles. The van der Waals surface area contributed by atoms with E-state index < -0.39 is 0 Å². The molecule has 0 saturated carbocycles. The van der Waals surface area contributed by atoms with E-state index in [-0.39, 0.29) is 12.1 Å². The molecule has 1 heterocycles. The predicted molar refractivity (Wildman–Crippen MR) is 73.6 cm³/mol. The molecule has 1 unspecified atom stereocenters. The second-order valence-corrected chi connectivity index (χ2v) is 5.42. The lowest BCUT2D eigenvalue weighted by Crippen LogP contribution is -2.41. The van der Waals surface area contributed by atoms with E-state index in [0.29, 0.717) is 12.6 Å². The fourth-order valence-corrected chi connectivity index (χ4v) is 2.32. The van der Waals surface area contributed by atoms with E-state index in [1.807, 2.05) is 13.8 Å². The molecule has 1 aliphatic heterocycles. The second-order valence-electron chi connectivity index (χ2n) is 5.42. The van der Waals surface area contributed by atoms with Gasteiger partial charge < -0.3 is 10.1 Å². The third-order valence-electron chi connectivity index (χ3n) is 3.19. The first kappa shape index (κ1) is 15.4. The van der Waals surface area contributed by atoms with Crippen molar-refractivity contribution in [3.05, 3.63) is 0 Å². The minimum Gasteiger partial charge on any atom is -0.462 e. The van der Waals surface area contributed by atoms with E-state index in [1.165, 1.54) is 12.8 Å². The quantitative estimate of drug-likeness (QED) is 0.672. The van der Waals surface area contributed by atoms with E-state index >= 15 is 0 Å². The molecule has 0 bridgehead atoms. The Balaban J connectivity index is 2.35. The van der Waals surface area contributed by atoms with Gasteiger partial charge in [0.2, 0.25) is 0 Å². The molecule has 0 aliphatic carbocycles. The molecule has 1 rings (SSSR count). The van der Waals surface area contributed by atoms with Crippen LogP contribution in [0.5, 0.6) is 0 Å². The van der Waals surface area contributed by atoms with Crippen LogP contribution in [0.4, 0.5) is 0 Å². The summed E-state index contributed by atoms with van der Waals surface area (Å²) < 4.78 is 5.22.